The fourth-order valence-electron chi connectivity index (χ4n) is 1.33. The SMILES string of the molecule is COc1c(Br)cc(F)c2cc[nH]c12. The van der Waals surface area contributed by atoms with Crippen LogP contribution < -0.4 is 4.74 Å². The van der Waals surface area contributed by atoms with Crippen molar-refractivity contribution in [3.63, 3.8) is 0 Å². The van der Waals surface area contributed by atoms with Crippen molar-refractivity contribution in [2.45, 2.75) is 0 Å². The molecular formula is C9H7BrFNO. The third kappa shape index (κ3) is 1.21. The van der Waals surface area contributed by atoms with E-state index in [1.54, 1.807) is 19.4 Å². The van der Waals surface area contributed by atoms with Crippen LogP contribution in [-0.2, 0) is 0 Å². The lowest BCUT2D eigenvalue weighted by Crippen LogP contribution is -1.88. The summed E-state index contributed by atoms with van der Waals surface area (Å²) in [6.07, 6.45) is 1.68. The van der Waals surface area contributed by atoms with E-state index in [9.17, 15) is 4.39 Å². The number of ether oxygens (including phenoxy) is 1. The lowest BCUT2D eigenvalue weighted by molar-refractivity contribution is 0.415. The molecule has 0 saturated heterocycles. The van der Waals surface area contributed by atoms with Crippen molar-refractivity contribution in [3.05, 3.63) is 28.6 Å². The predicted molar refractivity (Wildman–Crippen MR) is 52.5 cm³/mol. The Kier molecular flexibility index (Phi) is 2.00. The molecular weight excluding hydrogens is 237 g/mol. The molecule has 0 aliphatic heterocycles. The second-order valence-electron chi connectivity index (χ2n) is 2.64. The van der Waals surface area contributed by atoms with Gasteiger partial charge in [-0.15, -0.1) is 0 Å². The third-order valence-electron chi connectivity index (χ3n) is 1.91. The summed E-state index contributed by atoms with van der Waals surface area (Å²) in [4.78, 5) is 2.93. The number of methoxy groups -OCH3 is 1. The average Bonchev–Trinajstić information content (AvgIpc) is 2.53. The van der Waals surface area contributed by atoms with Crippen LogP contribution in [0.3, 0.4) is 0 Å². The van der Waals surface area contributed by atoms with Crippen LogP contribution in [0.25, 0.3) is 10.9 Å². The summed E-state index contributed by atoms with van der Waals surface area (Å²) >= 11 is 3.23. The summed E-state index contributed by atoms with van der Waals surface area (Å²) in [6, 6.07) is 3.08. The number of nitrogens with one attached hydrogen (secondary N) is 1. The molecule has 0 atom stereocenters. The summed E-state index contributed by atoms with van der Waals surface area (Å²) in [5.74, 6) is 0.366. The van der Waals surface area contributed by atoms with Crippen molar-refractivity contribution in [2.75, 3.05) is 7.11 Å². The topological polar surface area (TPSA) is 25.0 Å². The molecule has 0 fully saturated rings. The van der Waals surface area contributed by atoms with Crippen molar-refractivity contribution in [3.8, 4) is 5.75 Å². The average molecular weight is 244 g/mol. The molecule has 2 aromatic rings. The van der Waals surface area contributed by atoms with Gasteiger partial charge in [-0.1, -0.05) is 0 Å². The quantitative estimate of drug-likeness (QED) is 0.819. The van der Waals surface area contributed by atoms with Gasteiger partial charge in [-0.25, -0.2) is 4.39 Å². The first kappa shape index (κ1) is 8.56. The minimum Gasteiger partial charge on any atom is -0.493 e. The maximum atomic E-state index is 13.3. The normalized spacial score (nSPS) is 10.7. The molecule has 4 heteroatoms. The molecule has 0 bridgehead atoms. The van der Waals surface area contributed by atoms with Gasteiger partial charge in [0.2, 0.25) is 0 Å². The van der Waals surface area contributed by atoms with E-state index >= 15 is 0 Å². The highest BCUT2D eigenvalue weighted by molar-refractivity contribution is 9.10. The zero-order valence-electron chi connectivity index (χ0n) is 6.90. The summed E-state index contributed by atoms with van der Waals surface area (Å²) in [5, 5.41) is 0.542. The number of H-pyrrole nitrogens is 1. The van der Waals surface area contributed by atoms with Crippen molar-refractivity contribution >= 4 is 26.8 Å². The van der Waals surface area contributed by atoms with Crippen LogP contribution in [0, 0.1) is 5.82 Å². The van der Waals surface area contributed by atoms with Crippen LogP contribution in [0.4, 0.5) is 4.39 Å². The summed E-state index contributed by atoms with van der Waals surface area (Å²) in [5.41, 5.74) is 0.675. The van der Waals surface area contributed by atoms with E-state index < -0.39 is 0 Å². The first-order valence-corrected chi connectivity index (χ1v) is 4.52. The van der Waals surface area contributed by atoms with Gasteiger partial charge in [0.1, 0.15) is 5.82 Å². The predicted octanol–water partition coefficient (Wildman–Crippen LogP) is 3.08. The summed E-state index contributed by atoms with van der Waals surface area (Å²) in [7, 11) is 1.55. The first-order valence-electron chi connectivity index (χ1n) is 3.73. The van der Waals surface area contributed by atoms with Gasteiger partial charge < -0.3 is 9.72 Å². The third-order valence-corrected chi connectivity index (χ3v) is 2.49. The van der Waals surface area contributed by atoms with Crippen LogP contribution in [0.2, 0.25) is 0 Å². The lowest BCUT2D eigenvalue weighted by Gasteiger charge is -2.04. The van der Waals surface area contributed by atoms with Gasteiger partial charge in [-0.05, 0) is 28.1 Å². The van der Waals surface area contributed by atoms with Crippen molar-refractivity contribution in [1.82, 2.24) is 4.98 Å². The molecule has 0 aliphatic carbocycles. The minimum atomic E-state index is -0.260. The van der Waals surface area contributed by atoms with Crippen LogP contribution in [0.1, 0.15) is 0 Å². The van der Waals surface area contributed by atoms with E-state index in [-0.39, 0.29) is 5.82 Å². The Morgan fingerprint density at radius 3 is 3.00 bits per heavy atom. The first-order chi connectivity index (χ1) is 6.24. The molecule has 0 saturated carbocycles. The monoisotopic (exact) mass is 243 g/mol. The van der Waals surface area contributed by atoms with Crippen molar-refractivity contribution < 1.29 is 9.13 Å². The van der Waals surface area contributed by atoms with Gasteiger partial charge in [0.25, 0.3) is 0 Å². The van der Waals surface area contributed by atoms with Crippen LogP contribution >= 0.6 is 15.9 Å². The standard InChI is InChI=1S/C9H7BrFNO/c1-13-9-6(10)4-7(11)5-2-3-12-8(5)9/h2-4,12H,1H3. The maximum absolute atomic E-state index is 13.3. The molecule has 1 aromatic carbocycles. The number of benzene rings is 1. The van der Waals surface area contributed by atoms with Crippen LogP contribution in [0.15, 0.2) is 22.8 Å². The Morgan fingerprint density at radius 1 is 1.54 bits per heavy atom. The Bertz CT molecular complexity index is 452. The molecule has 13 heavy (non-hydrogen) atoms. The van der Waals surface area contributed by atoms with Crippen LogP contribution in [0.5, 0.6) is 5.75 Å². The lowest BCUT2D eigenvalue weighted by atomic mass is 10.2. The van der Waals surface area contributed by atoms with E-state index in [0.29, 0.717) is 21.1 Å². The highest BCUT2D eigenvalue weighted by Crippen LogP contribution is 2.34. The van der Waals surface area contributed by atoms with Gasteiger partial charge in [0, 0.05) is 11.6 Å². The van der Waals surface area contributed by atoms with E-state index in [2.05, 4.69) is 20.9 Å². The second-order valence-corrected chi connectivity index (χ2v) is 3.49. The van der Waals surface area contributed by atoms with Gasteiger partial charge in [0.05, 0.1) is 17.1 Å². The van der Waals surface area contributed by atoms with Crippen molar-refractivity contribution in [2.24, 2.45) is 0 Å². The van der Waals surface area contributed by atoms with E-state index in [4.69, 9.17) is 4.74 Å². The Hall–Kier alpha value is -1.03. The Morgan fingerprint density at radius 2 is 2.31 bits per heavy atom. The largest absolute Gasteiger partial charge is 0.493 e. The zero-order valence-corrected chi connectivity index (χ0v) is 8.48. The van der Waals surface area contributed by atoms with Crippen LogP contribution in [-0.4, -0.2) is 12.1 Å². The highest BCUT2D eigenvalue weighted by atomic mass is 79.9. The molecule has 1 heterocycles. The molecule has 0 amide bonds. The summed E-state index contributed by atoms with van der Waals surface area (Å²) < 4.78 is 19.0. The zero-order chi connectivity index (χ0) is 9.42. The molecule has 2 rings (SSSR count). The van der Waals surface area contributed by atoms with Crippen molar-refractivity contribution in [1.29, 1.82) is 0 Å². The number of aromatic amines is 1. The van der Waals surface area contributed by atoms with Gasteiger partial charge in [-0.2, -0.15) is 0 Å². The van der Waals surface area contributed by atoms with Gasteiger partial charge in [0.15, 0.2) is 5.75 Å². The van der Waals surface area contributed by atoms with Gasteiger partial charge >= 0.3 is 0 Å². The number of hydrogen-bond acceptors (Lipinski definition) is 1. The molecule has 2 nitrogen and oxygen atoms in total. The fourth-order valence-corrected chi connectivity index (χ4v) is 1.89. The summed E-state index contributed by atoms with van der Waals surface area (Å²) in [6.45, 7) is 0. The number of rotatable bonds is 1. The molecule has 68 valence electrons. The van der Waals surface area contributed by atoms with E-state index in [0.717, 1.165) is 0 Å². The molecule has 0 spiro atoms. The maximum Gasteiger partial charge on any atom is 0.157 e. The minimum absolute atomic E-state index is 0.260. The highest BCUT2D eigenvalue weighted by Gasteiger charge is 2.11. The number of halogens is 2. The number of aromatic nitrogens is 1. The number of fused-ring (bicyclic) bond motifs is 1. The molecule has 1 aromatic heterocycles. The fraction of sp³-hybridized carbons (Fsp3) is 0.111. The smallest absolute Gasteiger partial charge is 0.157 e. The van der Waals surface area contributed by atoms with E-state index in [1.807, 2.05) is 0 Å². The second kappa shape index (κ2) is 3.03. The Balaban J connectivity index is 2.88. The molecule has 0 radical (unpaired) electrons. The van der Waals surface area contributed by atoms with Gasteiger partial charge in [-0.3, -0.25) is 0 Å². The Labute approximate surface area is 82.8 Å². The molecule has 0 unspecified atom stereocenters. The number of hydrogen-bond donors (Lipinski definition) is 1. The molecule has 0 aliphatic rings. The van der Waals surface area contributed by atoms with E-state index in [1.165, 1.54) is 6.07 Å². The molecule has 1 N–H and O–H groups in total.